The first-order chi connectivity index (χ1) is 9.34. The summed E-state index contributed by atoms with van der Waals surface area (Å²) in [6, 6.07) is 7.68. The molecule has 2 rings (SSSR count). The topological polar surface area (TPSA) is 55.1 Å². The summed E-state index contributed by atoms with van der Waals surface area (Å²) >= 11 is 1.60. The van der Waals surface area contributed by atoms with Crippen LogP contribution >= 0.6 is 11.8 Å². The van der Waals surface area contributed by atoms with Crippen LogP contribution in [0.1, 0.15) is 11.3 Å². The van der Waals surface area contributed by atoms with Crippen molar-refractivity contribution in [3.63, 3.8) is 0 Å². The van der Waals surface area contributed by atoms with Crippen molar-refractivity contribution in [1.82, 2.24) is 10.3 Å². The quantitative estimate of drug-likeness (QED) is 0.843. The van der Waals surface area contributed by atoms with E-state index in [0.29, 0.717) is 12.3 Å². The lowest BCUT2D eigenvalue weighted by Gasteiger charge is -2.04. The van der Waals surface area contributed by atoms with Crippen LogP contribution in [0.25, 0.3) is 0 Å². The molecular weight excluding hydrogens is 260 g/mol. The number of hydrogen-bond acceptors (Lipinski definition) is 4. The minimum atomic E-state index is 0.0608. The molecule has 0 radical (unpaired) electrons. The van der Waals surface area contributed by atoms with Gasteiger partial charge in [-0.05, 0) is 29.8 Å². The van der Waals surface area contributed by atoms with Crippen molar-refractivity contribution in [2.75, 3.05) is 12.3 Å². The molecule has 0 aliphatic rings. The van der Waals surface area contributed by atoms with E-state index >= 15 is 0 Å². The largest absolute Gasteiger partial charge is 0.469 e. The Morgan fingerprint density at radius 3 is 2.89 bits per heavy atom. The van der Waals surface area contributed by atoms with E-state index in [1.807, 2.05) is 24.3 Å². The predicted octanol–water partition coefficient (Wildman–Crippen LogP) is 2.27. The van der Waals surface area contributed by atoms with Crippen LogP contribution in [0.15, 0.2) is 47.3 Å². The first kappa shape index (κ1) is 13.7. The maximum absolute atomic E-state index is 11.6. The van der Waals surface area contributed by atoms with E-state index in [1.54, 1.807) is 30.4 Å². The Kier molecular flexibility index (Phi) is 5.49. The Bertz CT molecular complexity index is 485. The molecule has 0 atom stereocenters. The second-order valence-corrected chi connectivity index (χ2v) is 5.01. The van der Waals surface area contributed by atoms with Crippen LogP contribution in [-0.4, -0.2) is 23.2 Å². The van der Waals surface area contributed by atoms with Crippen molar-refractivity contribution in [2.24, 2.45) is 0 Å². The van der Waals surface area contributed by atoms with E-state index in [0.717, 1.165) is 17.9 Å². The number of carbonyl (C=O) groups is 1. The van der Waals surface area contributed by atoms with Gasteiger partial charge in [0.25, 0.3) is 0 Å². The highest BCUT2D eigenvalue weighted by atomic mass is 32.2. The number of amides is 1. The van der Waals surface area contributed by atoms with Gasteiger partial charge in [-0.15, -0.1) is 11.8 Å². The maximum atomic E-state index is 11.6. The first-order valence-corrected chi connectivity index (χ1v) is 7.26. The van der Waals surface area contributed by atoms with Crippen LogP contribution in [0.3, 0.4) is 0 Å². The van der Waals surface area contributed by atoms with Crippen molar-refractivity contribution in [3.05, 3.63) is 54.2 Å². The fraction of sp³-hybridized carbons (Fsp3) is 0.286. The fourth-order valence-corrected chi connectivity index (χ4v) is 2.39. The number of pyridine rings is 1. The van der Waals surface area contributed by atoms with Crippen LogP contribution in [0.5, 0.6) is 0 Å². The van der Waals surface area contributed by atoms with Crippen LogP contribution in [0.2, 0.25) is 0 Å². The molecule has 100 valence electrons. The molecule has 1 amide bonds. The molecule has 0 saturated carbocycles. The van der Waals surface area contributed by atoms with Crippen molar-refractivity contribution >= 4 is 17.7 Å². The van der Waals surface area contributed by atoms with Gasteiger partial charge in [0.15, 0.2) is 0 Å². The van der Waals surface area contributed by atoms with Crippen LogP contribution < -0.4 is 5.32 Å². The Morgan fingerprint density at radius 2 is 2.16 bits per heavy atom. The molecular formula is C14H16N2O2S. The zero-order chi connectivity index (χ0) is 13.3. The summed E-state index contributed by atoms with van der Waals surface area (Å²) in [5, 5.41) is 2.88. The molecule has 0 saturated heterocycles. The van der Waals surface area contributed by atoms with Crippen LogP contribution in [0, 0.1) is 0 Å². The fourth-order valence-electron chi connectivity index (χ4n) is 1.57. The van der Waals surface area contributed by atoms with Gasteiger partial charge in [0, 0.05) is 31.1 Å². The van der Waals surface area contributed by atoms with E-state index in [-0.39, 0.29) is 5.91 Å². The summed E-state index contributed by atoms with van der Waals surface area (Å²) in [6.45, 7) is 0.613. The van der Waals surface area contributed by atoms with Crippen molar-refractivity contribution in [3.8, 4) is 0 Å². The zero-order valence-corrected chi connectivity index (χ0v) is 11.4. The van der Waals surface area contributed by atoms with Gasteiger partial charge in [0.2, 0.25) is 5.91 Å². The molecule has 0 unspecified atom stereocenters. The number of thioether (sulfide) groups is 1. The van der Waals surface area contributed by atoms with E-state index < -0.39 is 0 Å². The van der Waals surface area contributed by atoms with Gasteiger partial charge in [0.05, 0.1) is 12.0 Å². The average Bonchev–Trinajstić information content (AvgIpc) is 2.93. The van der Waals surface area contributed by atoms with Crippen LogP contribution in [0.4, 0.5) is 0 Å². The van der Waals surface area contributed by atoms with Crippen LogP contribution in [-0.2, 0) is 17.0 Å². The van der Waals surface area contributed by atoms with E-state index in [9.17, 15) is 4.79 Å². The van der Waals surface area contributed by atoms with Gasteiger partial charge in [-0.2, -0.15) is 0 Å². The van der Waals surface area contributed by atoms with Crippen molar-refractivity contribution < 1.29 is 9.21 Å². The lowest BCUT2D eigenvalue weighted by Crippen LogP contribution is -2.27. The number of carbonyl (C=O) groups excluding carboxylic acids is 1. The molecule has 5 heteroatoms. The first-order valence-electron chi connectivity index (χ1n) is 6.10. The Labute approximate surface area is 116 Å². The number of nitrogens with one attached hydrogen (secondary N) is 1. The number of rotatable bonds is 7. The smallest absolute Gasteiger partial charge is 0.230 e. The van der Waals surface area contributed by atoms with Gasteiger partial charge in [-0.3, -0.25) is 9.78 Å². The highest BCUT2D eigenvalue weighted by Crippen LogP contribution is 2.10. The third kappa shape index (κ3) is 5.18. The van der Waals surface area contributed by atoms with E-state index in [1.165, 1.54) is 5.56 Å². The van der Waals surface area contributed by atoms with Gasteiger partial charge in [0.1, 0.15) is 5.76 Å². The third-order valence-corrected chi connectivity index (χ3v) is 3.53. The van der Waals surface area contributed by atoms with Gasteiger partial charge < -0.3 is 9.73 Å². The van der Waals surface area contributed by atoms with Gasteiger partial charge >= 0.3 is 0 Å². The van der Waals surface area contributed by atoms with Gasteiger partial charge in [-0.25, -0.2) is 0 Å². The number of hydrogen-bond donors (Lipinski definition) is 1. The Morgan fingerprint density at radius 1 is 1.32 bits per heavy atom. The summed E-state index contributed by atoms with van der Waals surface area (Å²) in [4.78, 5) is 15.5. The molecule has 4 nitrogen and oxygen atoms in total. The van der Waals surface area contributed by atoms with E-state index in [2.05, 4.69) is 10.3 Å². The summed E-state index contributed by atoms with van der Waals surface area (Å²) in [5.41, 5.74) is 1.18. The minimum Gasteiger partial charge on any atom is -0.469 e. The summed E-state index contributed by atoms with van der Waals surface area (Å²) in [7, 11) is 0. The molecule has 19 heavy (non-hydrogen) atoms. The zero-order valence-electron chi connectivity index (χ0n) is 10.5. The second-order valence-electron chi connectivity index (χ2n) is 4.03. The standard InChI is InChI=1S/C14H16N2O2S/c17-14(16-8-5-13-2-1-9-18-13)11-19-10-12-3-6-15-7-4-12/h1-4,6-7,9H,5,8,10-11H2,(H,16,17). The van der Waals surface area contributed by atoms with Crippen molar-refractivity contribution in [1.29, 1.82) is 0 Å². The highest BCUT2D eigenvalue weighted by Gasteiger charge is 2.02. The lowest BCUT2D eigenvalue weighted by molar-refractivity contribution is -0.118. The average molecular weight is 276 g/mol. The highest BCUT2D eigenvalue weighted by molar-refractivity contribution is 7.99. The molecule has 2 aromatic rings. The molecule has 1 N–H and O–H groups in total. The number of furan rings is 1. The third-order valence-electron chi connectivity index (χ3n) is 2.52. The summed E-state index contributed by atoms with van der Waals surface area (Å²) in [6.07, 6.45) is 5.90. The predicted molar refractivity (Wildman–Crippen MR) is 75.8 cm³/mol. The molecule has 0 spiro atoms. The summed E-state index contributed by atoms with van der Waals surface area (Å²) < 4.78 is 5.19. The van der Waals surface area contributed by atoms with E-state index in [4.69, 9.17) is 4.42 Å². The second kappa shape index (κ2) is 7.63. The number of aromatic nitrogens is 1. The lowest BCUT2D eigenvalue weighted by atomic mass is 10.3. The normalized spacial score (nSPS) is 10.3. The Hall–Kier alpha value is -1.75. The molecule has 0 aromatic carbocycles. The molecule has 0 aliphatic heterocycles. The molecule has 0 aliphatic carbocycles. The molecule has 0 fully saturated rings. The summed E-state index contributed by atoms with van der Waals surface area (Å²) in [5.74, 6) is 2.25. The molecule has 2 aromatic heterocycles. The SMILES string of the molecule is O=C(CSCc1ccncc1)NCCc1ccco1. The van der Waals surface area contributed by atoms with Gasteiger partial charge in [-0.1, -0.05) is 0 Å². The monoisotopic (exact) mass is 276 g/mol. The maximum Gasteiger partial charge on any atom is 0.230 e. The molecule has 2 heterocycles. The minimum absolute atomic E-state index is 0.0608. The number of nitrogens with zero attached hydrogens (tertiary/aromatic N) is 1. The van der Waals surface area contributed by atoms with Crippen molar-refractivity contribution in [2.45, 2.75) is 12.2 Å². The molecule has 0 bridgehead atoms. The Balaban J connectivity index is 1.57.